The van der Waals surface area contributed by atoms with Gasteiger partial charge in [-0.05, 0) is 18.2 Å². The number of benzene rings is 1. The molecule has 0 aliphatic carbocycles. The average Bonchev–Trinajstić information content (AvgIpc) is 2.47. The minimum Gasteiger partial charge on any atom is -0.258 e. The van der Waals surface area contributed by atoms with Crippen LogP contribution in [0.25, 0.3) is 0 Å². The van der Waals surface area contributed by atoms with E-state index in [0.29, 0.717) is 0 Å². The summed E-state index contributed by atoms with van der Waals surface area (Å²) in [5.74, 6) is 0. The van der Waals surface area contributed by atoms with Gasteiger partial charge in [-0.15, -0.1) is 0 Å². The Hall–Kier alpha value is -2.88. The molecular formula is C11H7N3O6S. The number of rotatable bonds is 4. The van der Waals surface area contributed by atoms with Gasteiger partial charge in [0.2, 0.25) is 9.84 Å². The van der Waals surface area contributed by atoms with E-state index in [1.807, 2.05) is 0 Å². The Labute approximate surface area is 118 Å². The van der Waals surface area contributed by atoms with E-state index in [4.69, 9.17) is 0 Å². The molecule has 1 heterocycles. The smallest absolute Gasteiger partial charge is 0.258 e. The standard InChI is InChI=1S/C11H7N3O6S/c15-13(16)8-1-4-10(5-2-8)21(19,20)11-6-3-9(7-12-11)14(17)18/h1-7H. The van der Waals surface area contributed by atoms with E-state index in [0.717, 1.165) is 42.6 Å². The van der Waals surface area contributed by atoms with Crippen LogP contribution in [0, 0.1) is 20.2 Å². The van der Waals surface area contributed by atoms with Crippen LogP contribution in [0.3, 0.4) is 0 Å². The third-order valence-electron chi connectivity index (χ3n) is 2.56. The summed E-state index contributed by atoms with van der Waals surface area (Å²) < 4.78 is 24.4. The Balaban J connectivity index is 2.41. The topological polar surface area (TPSA) is 133 Å². The second-order valence-corrected chi connectivity index (χ2v) is 5.76. The third kappa shape index (κ3) is 2.84. The average molecular weight is 309 g/mol. The minimum atomic E-state index is -3.98. The highest BCUT2D eigenvalue weighted by atomic mass is 32.2. The number of non-ortho nitro benzene ring substituents is 1. The van der Waals surface area contributed by atoms with Gasteiger partial charge in [0.25, 0.3) is 11.4 Å². The van der Waals surface area contributed by atoms with Crippen molar-refractivity contribution in [3.05, 3.63) is 62.8 Å². The van der Waals surface area contributed by atoms with Crippen LogP contribution < -0.4 is 0 Å². The number of nitrogens with zero attached hydrogens (tertiary/aromatic N) is 3. The fourth-order valence-corrected chi connectivity index (χ4v) is 2.68. The van der Waals surface area contributed by atoms with Crippen LogP contribution in [-0.2, 0) is 9.84 Å². The highest BCUT2D eigenvalue weighted by molar-refractivity contribution is 7.91. The quantitative estimate of drug-likeness (QED) is 0.620. The van der Waals surface area contributed by atoms with E-state index in [9.17, 15) is 28.6 Å². The van der Waals surface area contributed by atoms with Gasteiger partial charge in [-0.25, -0.2) is 13.4 Å². The van der Waals surface area contributed by atoms with Crippen LogP contribution in [-0.4, -0.2) is 23.2 Å². The lowest BCUT2D eigenvalue weighted by atomic mass is 10.3. The van der Waals surface area contributed by atoms with Crippen molar-refractivity contribution < 1.29 is 18.3 Å². The molecule has 2 rings (SSSR count). The highest BCUT2D eigenvalue weighted by Crippen LogP contribution is 2.22. The normalized spacial score (nSPS) is 11.0. The summed E-state index contributed by atoms with van der Waals surface area (Å²) in [5, 5.41) is 20.6. The Morgan fingerprint density at radius 3 is 1.81 bits per heavy atom. The Bertz CT molecular complexity index is 735. The molecule has 2 aromatic rings. The highest BCUT2D eigenvalue weighted by Gasteiger charge is 2.21. The molecular weight excluding hydrogens is 302 g/mol. The van der Waals surface area contributed by atoms with Crippen LogP contribution in [0.15, 0.2) is 52.5 Å². The van der Waals surface area contributed by atoms with Gasteiger partial charge in [0.15, 0.2) is 5.03 Å². The van der Waals surface area contributed by atoms with Crippen molar-refractivity contribution in [2.75, 3.05) is 0 Å². The zero-order valence-corrected chi connectivity index (χ0v) is 11.1. The predicted molar refractivity (Wildman–Crippen MR) is 69.4 cm³/mol. The van der Waals surface area contributed by atoms with Crippen molar-refractivity contribution in [3.8, 4) is 0 Å². The predicted octanol–water partition coefficient (Wildman–Crippen LogP) is 1.73. The van der Waals surface area contributed by atoms with Crippen LogP contribution in [0.4, 0.5) is 11.4 Å². The molecule has 1 aromatic carbocycles. The first-order valence-electron chi connectivity index (χ1n) is 5.42. The van der Waals surface area contributed by atoms with Gasteiger partial charge < -0.3 is 0 Å². The van der Waals surface area contributed by atoms with Crippen LogP contribution >= 0.6 is 0 Å². The fourth-order valence-electron chi connectivity index (χ4n) is 1.51. The first kappa shape index (κ1) is 14.5. The van der Waals surface area contributed by atoms with Crippen LogP contribution in [0.2, 0.25) is 0 Å². The first-order chi connectivity index (χ1) is 9.82. The van der Waals surface area contributed by atoms with Crippen molar-refractivity contribution in [3.63, 3.8) is 0 Å². The first-order valence-corrected chi connectivity index (χ1v) is 6.90. The Morgan fingerprint density at radius 1 is 0.857 bits per heavy atom. The van der Waals surface area contributed by atoms with Crippen molar-refractivity contribution in [1.29, 1.82) is 0 Å². The van der Waals surface area contributed by atoms with Gasteiger partial charge in [0, 0.05) is 18.2 Å². The number of hydrogen-bond acceptors (Lipinski definition) is 7. The van der Waals surface area contributed by atoms with E-state index in [2.05, 4.69) is 4.98 Å². The number of nitro groups is 2. The molecule has 0 radical (unpaired) electrons. The number of nitro benzene ring substituents is 1. The molecule has 10 heteroatoms. The number of sulfone groups is 1. The lowest BCUT2D eigenvalue weighted by Gasteiger charge is -2.03. The minimum absolute atomic E-state index is 0.186. The molecule has 0 aliphatic rings. The number of aromatic nitrogens is 1. The maximum absolute atomic E-state index is 12.2. The van der Waals surface area contributed by atoms with Crippen molar-refractivity contribution >= 4 is 21.2 Å². The van der Waals surface area contributed by atoms with Gasteiger partial charge in [0.05, 0.1) is 14.7 Å². The lowest BCUT2D eigenvalue weighted by Crippen LogP contribution is -2.05. The van der Waals surface area contributed by atoms with Crippen molar-refractivity contribution in [2.24, 2.45) is 0 Å². The van der Waals surface area contributed by atoms with Gasteiger partial charge in [0.1, 0.15) is 6.20 Å². The van der Waals surface area contributed by atoms with E-state index in [-0.39, 0.29) is 21.3 Å². The number of hydrogen-bond donors (Lipinski definition) is 0. The molecule has 108 valence electrons. The van der Waals surface area contributed by atoms with Gasteiger partial charge in [-0.1, -0.05) is 0 Å². The third-order valence-corrected chi connectivity index (χ3v) is 4.25. The van der Waals surface area contributed by atoms with E-state index in [1.165, 1.54) is 0 Å². The summed E-state index contributed by atoms with van der Waals surface area (Å²) in [6, 6.07) is 6.30. The lowest BCUT2D eigenvalue weighted by molar-refractivity contribution is -0.385. The molecule has 0 amide bonds. The van der Waals surface area contributed by atoms with Gasteiger partial charge >= 0.3 is 0 Å². The maximum atomic E-state index is 12.2. The van der Waals surface area contributed by atoms with Gasteiger partial charge in [-0.3, -0.25) is 20.2 Å². The van der Waals surface area contributed by atoms with Crippen molar-refractivity contribution in [1.82, 2.24) is 4.98 Å². The molecule has 0 saturated heterocycles. The van der Waals surface area contributed by atoms with Gasteiger partial charge in [-0.2, -0.15) is 0 Å². The summed E-state index contributed by atoms with van der Waals surface area (Å²) in [5.41, 5.74) is -0.580. The Kier molecular flexibility index (Phi) is 3.63. The summed E-state index contributed by atoms with van der Waals surface area (Å²) in [6.45, 7) is 0. The fraction of sp³-hybridized carbons (Fsp3) is 0. The van der Waals surface area contributed by atoms with E-state index in [1.54, 1.807) is 0 Å². The summed E-state index contributed by atoms with van der Waals surface area (Å²) in [6.07, 6.45) is 0.832. The molecule has 1 aromatic heterocycles. The zero-order chi connectivity index (χ0) is 15.6. The number of pyridine rings is 1. The van der Waals surface area contributed by atoms with Crippen LogP contribution in [0.1, 0.15) is 0 Å². The summed E-state index contributed by atoms with van der Waals surface area (Å²) in [7, 11) is -3.98. The zero-order valence-electron chi connectivity index (χ0n) is 10.2. The summed E-state index contributed by atoms with van der Waals surface area (Å²) >= 11 is 0. The molecule has 0 saturated carbocycles. The Morgan fingerprint density at radius 2 is 1.38 bits per heavy atom. The molecule has 21 heavy (non-hydrogen) atoms. The largest absolute Gasteiger partial charge is 0.287 e. The second-order valence-electron chi connectivity index (χ2n) is 3.87. The molecule has 0 aliphatic heterocycles. The summed E-state index contributed by atoms with van der Waals surface area (Å²) in [4.78, 5) is 23.0. The molecule has 0 spiro atoms. The second kappa shape index (κ2) is 5.25. The monoisotopic (exact) mass is 309 g/mol. The SMILES string of the molecule is O=[N+]([O-])c1ccc(S(=O)(=O)c2ccc([N+](=O)[O-])cn2)cc1. The molecule has 0 unspecified atom stereocenters. The van der Waals surface area contributed by atoms with E-state index < -0.39 is 19.7 Å². The maximum Gasteiger partial charge on any atom is 0.287 e. The molecule has 0 fully saturated rings. The molecule has 9 nitrogen and oxygen atoms in total. The van der Waals surface area contributed by atoms with Crippen molar-refractivity contribution in [2.45, 2.75) is 9.92 Å². The molecule has 0 N–H and O–H groups in total. The molecule has 0 atom stereocenters. The molecule has 0 bridgehead atoms. The van der Waals surface area contributed by atoms with E-state index >= 15 is 0 Å². The van der Waals surface area contributed by atoms with Crippen LogP contribution in [0.5, 0.6) is 0 Å².